The first-order valence-corrected chi connectivity index (χ1v) is 7.33. The summed E-state index contributed by atoms with van der Waals surface area (Å²) in [6.07, 6.45) is 0. The zero-order chi connectivity index (χ0) is 15.3. The molecule has 20 heavy (non-hydrogen) atoms. The minimum atomic E-state index is -0.533. The number of carbonyl (C=O) groups excluding carboxylic acids is 1. The average Bonchev–Trinajstić information content (AvgIpc) is 2.41. The fourth-order valence-electron chi connectivity index (χ4n) is 1.99. The number of halogens is 1. The summed E-state index contributed by atoms with van der Waals surface area (Å²) in [5, 5.41) is 0. The van der Waals surface area contributed by atoms with Crippen LogP contribution >= 0.6 is 11.6 Å². The summed E-state index contributed by atoms with van der Waals surface area (Å²) in [7, 11) is 1.78. The Bertz CT molecular complexity index is 451. The maximum atomic E-state index is 12.2. The molecule has 0 bridgehead atoms. The molecule has 0 fully saturated rings. The van der Waals surface area contributed by atoms with Gasteiger partial charge in [-0.25, -0.2) is 0 Å². The van der Waals surface area contributed by atoms with Crippen molar-refractivity contribution in [2.24, 2.45) is 5.41 Å². The Morgan fingerprint density at radius 3 is 2.35 bits per heavy atom. The van der Waals surface area contributed by atoms with Crippen LogP contribution in [-0.4, -0.2) is 36.9 Å². The number of amides is 1. The SMILES string of the molecule is Cc1cccc(C)c1OCCN(C)C(=O)C(C)(C)CCl. The van der Waals surface area contributed by atoms with E-state index in [1.165, 1.54) is 0 Å². The Morgan fingerprint density at radius 1 is 1.30 bits per heavy atom. The van der Waals surface area contributed by atoms with Crippen molar-refractivity contribution in [1.82, 2.24) is 4.90 Å². The van der Waals surface area contributed by atoms with E-state index in [4.69, 9.17) is 16.3 Å². The van der Waals surface area contributed by atoms with E-state index < -0.39 is 5.41 Å². The summed E-state index contributed by atoms with van der Waals surface area (Å²) >= 11 is 5.82. The first kappa shape index (κ1) is 16.8. The summed E-state index contributed by atoms with van der Waals surface area (Å²) < 4.78 is 5.81. The third-order valence-electron chi connectivity index (χ3n) is 3.34. The minimum Gasteiger partial charge on any atom is -0.491 e. The van der Waals surface area contributed by atoms with Crippen LogP contribution in [-0.2, 0) is 4.79 Å². The highest BCUT2D eigenvalue weighted by atomic mass is 35.5. The summed E-state index contributed by atoms with van der Waals surface area (Å²) in [6.45, 7) is 8.78. The molecule has 0 atom stereocenters. The number of carbonyl (C=O) groups is 1. The molecule has 1 amide bonds. The maximum Gasteiger partial charge on any atom is 0.229 e. The molecule has 1 rings (SSSR count). The van der Waals surface area contributed by atoms with Crippen LogP contribution in [0.5, 0.6) is 5.75 Å². The monoisotopic (exact) mass is 297 g/mol. The van der Waals surface area contributed by atoms with Gasteiger partial charge in [-0.2, -0.15) is 0 Å². The number of nitrogens with zero attached hydrogens (tertiary/aromatic N) is 1. The van der Waals surface area contributed by atoms with Gasteiger partial charge in [-0.15, -0.1) is 11.6 Å². The lowest BCUT2D eigenvalue weighted by atomic mass is 9.94. The van der Waals surface area contributed by atoms with E-state index >= 15 is 0 Å². The third kappa shape index (κ3) is 4.14. The standard InChI is InChI=1S/C16H24ClNO2/c1-12-7-6-8-13(2)14(12)20-10-9-18(5)15(19)16(3,4)11-17/h6-8H,9-11H2,1-5H3. The molecular formula is C16H24ClNO2. The summed E-state index contributed by atoms with van der Waals surface area (Å²) in [6, 6.07) is 6.05. The molecule has 1 aromatic carbocycles. The van der Waals surface area contributed by atoms with E-state index in [1.54, 1.807) is 11.9 Å². The van der Waals surface area contributed by atoms with Gasteiger partial charge in [0.15, 0.2) is 0 Å². The number of para-hydroxylation sites is 1. The molecule has 0 radical (unpaired) electrons. The van der Waals surface area contributed by atoms with E-state index in [1.807, 2.05) is 45.9 Å². The Morgan fingerprint density at radius 2 is 1.85 bits per heavy atom. The molecule has 0 aliphatic rings. The molecule has 0 aliphatic heterocycles. The lowest BCUT2D eigenvalue weighted by molar-refractivity contribution is -0.138. The highest BCUT2D eigenvalue weighted by Gasteiger charge is 2.29. The molecule has 0 spiro atoms. The highest BCUT2D eigenvalue weighted by Crippen LogP contribution is 2.23. The number of ether oxygens (including phenoxy) is 1. The van der Waals surface area contributed by atoms with Gasteiger partial charge in [-0.1, -0.05) is 18.2 Å². The van der Waals surface area contributed by atoms with Crippen molar-refractivity contribution in [2.75, 3.05) is 26.1 Å². The number of benzene rings is 1. The number of alkyl halides is 1. The van der Waals surface area contributed by atoms with E-state index in [2.05, 4.69) is 0 Å². The molecule has 3 nitrogen and oxygen atoms in total. The predicted octanol–water partition coefficient (Wildman–Crippen LogP) is 3.41. The number of aryl methyl sites for hydroxylation is 2. The van der Waals surface area contributed by atoms with E-state index in [9.17, 15) is 4.79 Å². The fourth-order valence-corrected chi connectivity index (χ4v) is 2.10. The Hall–Kier alpha value is -1.22. The molecule has 0 aromatic heterocycles. The van der Waals surface area contributed by atoms with Gasteiger partial charge in [0, 0.05) is 12.9 Å². The fraction of sp³-hybridized carbons (Fsp3) is 0.562. The van der Waals surface area contributed by atoms with Crippen LogP contribution in [0.2, 0.25) is 0 Å². The second kappa shape index (κ2) is 6.98. The number of hydrogen-bond acceptors (Lipinski definition) is 2. The van der Waals surface area contributed by atoms with Gasteiger partial charge in [0.1, 0.15) is 12.4 Å². The van der Waals surface area contributed by atoms with Gasteiger partial charge in [0.05, 0.1) is 12.0 Å². The topological polar surface area (TPSA) is 29.5 Å². The zero-order valence-corrected chi connectivity index (χ0v) is 13.8. The molecule has 0 unspecified atom stereocenters. The second-order valence-electron chi connectivity index (χ2n) is 5.81. The first-order valence-electron chi connectivity index (χ1n) is 6.80. The zero-order valence-electron chi connectivity index (χ0n) is 13.0. The lowest BCUT2D eigenvalue weighted by Gasteiger charge is -2.27. The molecule has 4 heteroatoms. The first-order chi connectivity index (χ1) is 9.29. The molecule has 0 heterocycles. The smallest absolute Gasteiger partial charge is 0.229 e. The van der Waals surface area contributed by atoms with E-state index in [0.29, 0.717) is 19.0 Å². The summed E-state index contributed by atoms with van der Waals surface area (Å²) in [4.78, 5) is 13.8. The van der Waals surface area contributed by atoms with Crippen LogP contribution in [0, 0.1) is 19.3 Å². The summed E-state index contributed by atoms with van der Waals surface area (Å²) in [5.41, 5.74) is 1.69. The second-order valence-corrected chi connectivity index (χ2v) is 6.08. The normalized spacial score (nSPS) is 11.3. The Balaban J connectivity index is 2.55. The van der Waals surface area contributed by atoms with Crippen LogP contribution in [0.25, 0.3) is 0 Å². The molecule has 0 saturated heterocycles. The quantitative estimate of drug-likeness (QED) is 0.753. The molecule has 0 saturated carbocycles. The average molecular weight is 298 g/mol. The largest absolute Gasteiger partial charge is 0.491 e. The lowest BCUT2D eigenvalue weighted by Crippen LogP contribution is -2.41. The van der Waals surface area contributed by atoms with Gasteiger partial charge in [-0.3, -0.25) is 4.79 Å². The van der Waals surface area contributed by atoms with Crippen LogP contribution in [0.4, 0.5) is 0 Å². The van der Waals surface area contributed by atoms with Gasteiger partial charge in [0.25, 0.3) is 0 Å². The van der Waals surface area contributed by atoms with Crippen molar-refractivity contribution in [3.63, 3.8) is 0 Å². The van der Waals surface area contributed by atoms with Gasteiger partial charge >= 0.3 is 0 Å². The Kier molecular flexibility index (Phi) is 5.88. The molecule has 0 N–H and O–H groups in total. The van der Waals surface area contributed by atoms with Crippen molar-refractivity contribution in [1.29, 1.82) is 0 Å². The number of hydrogen-bond donors (Lipinski definition) is 0. The Labute approximate surface area is 126 Å². The van der Waals surface area contributed by atoms with Crippen LogP contribution < -0.4 is 4.74 Å². The molecule has 112 valence electrons. The van der Waals surface area contributed by atoms with Crippen LogP contribution in [0.1, 0.15) is 25.0 Å². The summed E-state index contributed by atoms with van der Waals surface area (Å²) in [5.74, 6) is 1.26. The van der Waals surface area contributed by atoms with Crippen molar-refractivity contribution in [3.8, 4) is 5.75 Å². The number of likely N-dealkylation sites (N-methyl/N-ethyl adjacent to an activating group) is 1. The predicted molar refractivity (Wildman–Crippen MR) is 83.5 cm³/mol. The minimum absolute atomic E-state index is 0.0394. The van der Waals surface area contributed by atoms with Crippen molar-refractivity contribution in [2.45, 2.75) is 27.7 Å². The molecular weight excluding hydrogens is 274 g/mol. The van der Waals surface area contributed by atoms with Crippen LogP contribution in [0.15, 0.2) is 18.2 Å². The van der Waals surface area contributed by atoms with Gasteiger partial charge in [0.2, 0.25) is 5.91 Å². The van der Waals surface area contributed by atoms with Gasteiger partial charge in [-0.05, 0) is 38.8 Å². The highest BCUT2D eigenvalue weighted by molar-refractivity contribution is 6.19. The van der Waals surface area contributed by atoms with Crippen LogP contribution in [0.3, 0.4) is 0 Å². The van der Waals surface area contributed by atoms with Gasteiger partial charge < -0.3 is 9.64 Å². The molecule has 1 aromatic rings. The van der Waals surface area contributed by atoms with Crippen molar-refractivity contribution in [3.05, 3.63) is 29.3 Å². The maximum absolute atomic E-state index is 12.2. The van der Waals surface area contributed by atoms with E-state index in [0.717, 1.165) is 16.9 Å². The molecule has 0 aliphatic carbocycles. The number of rotatable bonds is 6. The van der Waals surface area contributed by atoms with E-state index in [-0.39, 0.29) is 5.91 Å². The van der Waals surface area contributed by atoms with Crippen molar-refractivity contribution < 1.29 is 9.53 Å². The third-order valence-corrected chi connectivity index (χ3v) is 4.01. The van der Waals surface area contributed by atoms with Crippen molar-refractivity contribution >= 4 is 17.5 Å².